The zero-order valence-corrected chi connectivity index (χ0v) is 13.8. The van der Waals surface area contributed by atoms with Gasteiger partial charge in [-0.3, -0.25) is 0 Å². The molecule has 0 radical (unpaired) electrons. The summed E-state index contributed by atoms with van der Waals surface area (Å²) in [6.07, 6.45) is 14.4. The zero-order valence-electron chi connectivity index (χ0n) is 13.8. The molecule has 0 aliphatic heterocycles. The van der Waals surface area contributed by atoms with Gasteiger partial charge in [0, 0.05) is 0 Å². The fraction of sp³-hybridized carbons (Fsp3) is 1.00. The average molecular weight is 255 g/mol. The van der Waals surface area contributed by atoms with Crippen LogP contribution in [0.1, 0.15) is 98.8 Å². The molecular formula is C18H38. The summed E-state index contributed by atoms with van der Waals surface area (Å²) in [6, 6.07) is 0. The summed E-state index contributed by atoms with van der Waals surface area (Å²) in [4.78, 5) is 0. The average Bonchev–Trinajstić information content (AvgIpc) is 2.30. The Hall–Kier alpha value is 0. The first-order valence-electron chi connectivity index (χ1n) is 8.56. The van der Waals surface area contributed by atoms with Crippen LogP contribution in [0.15, 0.2) is 0 Å². The molecule has 0 saturated carbocycles. The third-order valence-corrected chi connectivity index (χ3v) is 4.08. The first-order chi connectivity index (χ1) is 8.56. The molecule has 0 spiro atoms. The fourth-order valence-electron chi connectivity index (χ4n) is 2.91. The van der Waals surface area contributed by atoms with Crippen molar-refractivity contribution < 1.29 is 0 Å². The molecule has 0 heterocycles. The van der Waals surface area contributed by atoms with Crippen LogP contribution in [-0.4, -0.2) is 0 Å². The zero-order chi connectivity index (χ0) is 13.8. The van der Waals surface area contributed by atoms with Gasteiger partial charge in [0.2, 0.25) is 0 Å². The summed E-state index contributed by atoms with van der Waals surface area (Å²) in [5.41, 5.74) is 0. The Labute approximate surface area is 117 Å². The van der Waals surface area contributed by atoms with E-state index in [1.807, 2.05) is 0 Å². The molecule has 0 rings (SSSR count). The van der Waals surface area contributed by atoms with Crippen molar-refractivity contribution in [3.63, 3.8) is 0 Å². The van der Waals surface area contributed by atoms with Crippen molar-refractivity contribution in [2.24, 2.45) is 17.8 Å². The molecule has 0 aromatic heterocycles. The van der Waals surface area contributed by atoms with Crippen molar-refractivity contribution in [1.82, 2.24) is 0 Å². The van der Waals surface area contributed by atoms with Crippen LogP contribution in [-0.2, 0) is 0 Å². The van der Waals surface area contributed by atoms with Crippen molar-refractivity contribution >= 4 is 0 Å². The minimum Gasteiger partial charge on any atom is -0.0654 e. The predicted molar refractivity (Wildman–Crippen MR) is 85.0 cm³/mol. The molecule has 0 aromatic carbocycles. The molecule has 0 aromatic rings. The molecule has 0 aliphatic rings. The lowest BCUT2D eigenvalue weighted by Gasteiger charge is -2.17. The quantitative estimate of drug-likeness (QED) is 0.335. The van der Waals surface area contributed by atoms with Gasteiger partial charge in [0.1, 0.15) is 0 Å². The van der Waals surface area contributed by atoms with Crippen LogP contribution >= 0.6 is 0 Å². The van der Waals surface area contributed by atoms with E-state index in [-0.39, 0.29) is 0 Å². The van der Waals surface area contributed by atoms with Gasteiger partial charge in [-0.05, 0) is 24.2 Å². The molecule has 0 heteroatoms. The van der Waals surface area contributed by atoms with Gasteiger partial charge < -0.3 is 0 Å². The standard InChI is InChI=1S/C18H38/c1-6-7-8-9-10-11-12-17(4)13-14-18(5)15-16(2)3/h16-18H,6-15H2,1-5H3. The van der Waals surface area contributed by atoms with Crippen LogP contribution in [0.3, 0.4) is 0 Å². The minimum atomic E-state index is 0.869. The van der Waals surface area contributed by atoms with Crippen molar-refractivity contribution in [2.75, 3.05) is 0 Å². The lowest BCUT2D eigenvalue weighted by atomic mass is 9.89. The smallest absolute Gasteiger partial charge is 0.0440 e. The fourth-order valence-corrected chi connectivity index (χ4v) is 2.91. The Balaban J connectivity index is 3.34. The van der Waals surface area contributed by atoms with Crippen molar-refractivity contribution in [2.45, 2.75) is 98.8 Å². The van der Waals surface area contributed by atoms with Gasteiger partial charge in [0.15, 0.2) is 0 Å². The van der Waals surface area contributed by atoms with Gasteiger partial charge in [0.05, 0.1) is 0 Å². The van der Waals surface area contributed by atoms with E-state index in [0.717, 1.165) is 17.8 Å². The Morgan fingerprint density at radius 1 is 0.611 bits per heavy atom. The van der Waals surface area contributed by atoms with Crippen molar-refractivity contribution in [1.29, 1.82) is 0 Å². The molecule has 0 fully saturated rings. The normalized spacial score (nSPS) is 15.0. The summed E-state index contributed by atoms with van der Waals surface area (Å²) in [5, 5.41) is 0. The summed E-state index contributed by atoms with van der Waals surface area (Å²) >= 11 is 0. The Bertz CT molecular complexity index is 159. The molecule has 0 saturated heterocycles. The van der Waals surface area contributed by atoms with Crippen molar-refractivity contribution in [3.8, 4) is 0 Å². The molecule has 0 N–H and O–H groups in total. The Kier molecular flexibility index (Phi) is 12.1. The summed E-state index contributed by atoms with van der Waals surface area (Å²) in [6.45, 7) is 11.9. The van der Waals surface area contributed by atoms with Gasteiger partial charge in [-0.25, -0.2) is 0 Å². The van der Waals surface area contributed by atoms with Crippen LogP contribution in [0.5, 0.6) is 0 Å². The van der Waals surface area contributed by atoms with Crippen molar-refractivity contribution in [3.05, 3.63) is 0 Å². The number of hydrogen-bond donors (Lipinski definition) is 0. The molecule has 0 bridgehead atoms. The summed E-state index contributed by atoms with van der Waals surface area (Å²) in [7, 11) is 0. The minimum absolute atomic E-state index is 0.869. The van der Waals surface area contributed by atoms with E-state index in [9.17, 15) is 0 Å². The van der Waals surface area contributed by atoms with E-state index in [0.29, 0.717) is 0 Å². The lowest BCUT2D eigenvalue weighted by molar-refractivity contribution is 0.357. The van der Waals surface area contributed by atoms with Crippen LogP contribution in [0.2, 0.25) is 0 Å². The molecule has 2 atom stereocenters. The van der Waals surface area contributed by atoms with E-state index >= 15 is 0 Å². The van der Waals surface area contributed by atoms with E-state index in [1.54, 1.807) is 0 Å². The second-order valence-corrected chi connectivity index (χ2v) is 6.97. The molecular weight excluding hydrogens is 216 g/mol. The Morgan fingerprint density at radius 2 is 1.17 bits per heavy atom. The highest BCUT2D eigenvalue weighted by Gasteiger charge is 2.08. The number of unbranched alkanes of at least 4 members (excludes halogenated alkanes) is 5. The van der Waals surface area contributed by atoms with Crippen LogP contribution in [0.25, 0.3) is 0 Å². The molecule has 2 unspecified atom stereocenters. The van der Waals surface area contributed by atoms with Gasteiger partial charge in [-0.15, -0.1) is 0 Å². The number of rotatable bonds is 12. The van der Waals surface area contributed by atoms with E-state index < -0.39 is 0 Å². The first-order valence-corrected chi connectivity index (χ1v) is 8.56. The van der Waals surface area contributed by atoms with E-state index in [4.69, 9.17) is 0 Å². The SMILES string of the molecule is CCCCCCCCC(C)CCC(C)CC(C)C. The van der Waals surface area contributed by atoms with Crippen LogP contribution in [0.4, 0.5) is 0 Å². The molecule has 110 valence electrons. The first kappa shape index (κ1) is 18.0. The maximum absolute atomic E-state index is 2.45. The van der Waals surface area contributed by atoms with Gasteiger partial charge in [-0.2, -0.15) is 0 Å². The summed E-state index contributed by atoms with van der Waals surface area (Å²) in [5.74, 6) is 2.75. The predicted octanol–water partition coefficient (Wildman–Crippen LogP) is 6.84. The number of hydrogen-bond acceptors (Lipinski definition) is 0. The topological polar surface area (TPSA) is 0 Å². The summed E-state index contributed by atoms with van der Waals surface area (Å²) < 4.78 is 0. The van der Waals surface area contributed by atoms with Crippen LogP contribution < -0.4 is 0 Å². The monoisotopic (exact) mass is 254 g/mol. The Morgan fingerprint density at radius 3 is 1.78 bits per heavy atom. The third-order valence-electron chi connectivity index (χ3n) is 4.08. The van der Waals surface area contributed by atoms with E-state index in [2.05, 4.69) is 34.6 Å². The van der Waals surface area contributed by atoms with Gasteiger partial charge in [-0.1, -0.05) is 92.4 Å². The van der Waals surface area contributed by atoms with Gasteiger partial charge in [0.25, 0.3) is 0 Å². The largest absolute Gasteiger partial charge is 0.0654 e. The highest BCUT2D eigenvalue weighted by Crippen LogP contribution is 2.22. The highest BCUT2D eigenvalue weighted by atomic mass is 14.1. The molecule has 0 amide bonds. The van der Waals surface area contributed by atoms with Gasteiger partial charge >= 0.3 is 0 Å². The second kappa shape index (κ2) is 12.1. The van der Waals surface area contributed by atoms with E-state index in [1.165, 1.54) is 64.2 Å². The van der Waals surface area contributed by atoms with Crippen LogP contribution in [0, 0.1) is 17.8 Å². The molecule has 0 nitrogen and oxygen atoms in total. The molecule has 0 aliphatic carbocycles. The maximum Gasteiger partial charge on any atom is -0.0440 e. The third kappa shape index (κ3) is 12.5. The maximum atomic E-state index is 2.45. The highest BCUT2D eigenvalue weighted by molar-refractivity contribution is 4.60. The second-order valence-electron chi connectivity index (χ2n) is 6.97. The lowest BCUT2D eigenvalue weighted by Crippen LogP contribution is -2.03. The molecule has 18 heavy (non-hydrogen) atoms.